The molecule has 0 amide bonds. The van der Waals surface area contributed by atoms with E-state index in [0.29, 0.717) is 32.3 Å². The number of unbranched alkanes of at least 4 members (excludes halogenated alkanes) is 3. The molecule has 0 aliphatic heterocycles. The zero-order valence-corrected chi connectivity index (χ0v) is 14.9. The largest absolute Gasteiger partial charge is 0.497 e. The molecule has 2 rings (SSSR count). The van der Waals surface area contributed by atoms with Gasteiger partial charge < -0.3 is 14.6 Å². The molecule has 0 spiro atoms. The van der Waals surface area contributed by atoms with Gasteiger partial charge in [0.05, 0.1) is 25.2 Å². The van der Waals surface area contributed by atoms with Crippen molar-refractivity contribution in [3.8, 4) is 5.75 Å². The smallest absolute Gasteiger partial charge is 0.308 e. The van der Waals surface area contributed by atoms with Crippen LogP contribution in [0.25, 0.3) is 0 Å². The maximum Gasteiger partial charge on any atom is 0.308 e. The van der Waals surface area contributed by atoms with Gasteiger partial charge in [-0.1, -0.05) is 38.3 Å². The summed E-state index contributed by atoms with van der Waals surface area (Å²) in [6.07, 6.45) is 6.97. The summed E-state index contributed by atoms with van der Waals surface area (Å²) in [6.45, 7) is 2.69. The first-order valence-corrected chi connectivity index (χ1v) is 9.12. The van der Waals surface area contributed by atoms with Gasteiger partial charge in [-0.25, -0.2) is 0 Å². The molecule has 0 bridgehead atoms. The van der Waals surface area contributed by atoms with E-state index in [9.17, 15) is 9.90 Å². The minimum atomic E-state index is -0.843. The molecule has 0 aromatic heterocycles. The van der Waals surface area contributed by atoms with E-state index in [1.165, 1.54) is 12.8 Å². The molecule has 1 aromatic carbocycles. The second kappa shape index (κ2) is 9.07. The van der Waals surface area contributed by atoms with Gasteiger partial charge in [-0.2, -0.15) is 0 Å². The van der Waals surface area contributed by atoms with Crippen molar-refractivity contribution in [2.45, 2.75) is 63.9 Å². The van der Waals surface area contributed by atoms with Crippen molar-refractivity contribution in [1.82, 2.24) is 0 Å². The highest BCUT2D eigenvalue weighted by Gasteiger charge is 2.37. The summed E-state index contributed by atoms with van der Waals surface area (Å²) in [5, 5.41) is 10.9. The number of hydrogen-bond donors (Lipinski definition) is 1. The minimum absolute atomic E-state index is 0.0744. The fraction of sp³-hybridized carbons (Fsp3) is 0.650. The first kappa shape index (κ1) is 18.8. The summed E-state index contributed by atoms with van der Waals surface area (Å²) in [7, 11) is 1.63. The van der Waals surface area contributed by atoms with Crippen LogP contribution in [-0.4, -0.2) is 24.8 Å². The van der Waals surface area contributed by atoms with E-state index in [2.05, 4.69) is 6.92 Å². The Labute approximate surface area is 145 Å². The molecule has 1 aromatic rings. The average molecular weight is 334 g/mol. The lowest BCUT2D eigenvalue weighted by molar-refractivity contribution is -0.152. The molecule has 0 heterocycles. The van der Waals surface area contributed by atoms with Crippen LogP contribution in [0.1, 0.15) is 63.9 Å². The number of rotatable bonds is 8. The molecule has 4 heteroatoms. The zero-order chi connectivity index (χ0) is 17.4. The highest BCUT2D eigenvalue weighted by Crippen LogP contribution is 2.40. The van der Waals surface area contributed by atoms with E-state index in [4.69, 9.17) is 9.47 Å². The van der Waals surface area contributed by atoms with Crippen molar-refractivity contribution in [2.75, 3.05) is 13.7 Å². The fourth-order valence-corrected chi connectivity index (χ4v) is 3.34. The molecule has 1 aliphatic carbocycles. The highest BCUT2D eigenvalue weighted by atomic mass is 16.5. The Morgan fingerprint density at radius 3 is 2.42 bits per heavy atom. The van der Waals surface area contributed by atoms with Gasteiger partial charge in [-0.05, 0) is 49.8 Å². The Hall–Kier alpha value is -1.55. The van der Waals surface area contributed by atoms with E-state index in [1.54, 1.807) is 7.11 Å². The molecule has 1 N–H and O–H groups in total. The number of hydrogen-bond acceptors (Lipinski definition) is 4. The fourth-order valence-electron chi connectivity index (χ4n) is 3.34. The first-order chi connectivity index (χ1) is 11.6. The molecule has 0 radical (unpaired) electrons. The monoisotopic (exact) mass is 334 g/mol. The summed E-state index contributed by atoms with van der Waals surface area (Å²) >= 11 is 0. The molecule has 4 nitrogen and oxygen atoms in total. The molecule has 134 valence electrons. The predicted octanol–water partition coefficient (Wildman–Crippen LogP) is 4.20. The molecule has 1 fully saturated rings. The van der Waals surface area contributed by atoms with Crippen LogP contribution < -0.4 is 4.74 Å². The summed E-state index contributed by atoms with van der Waals surface area (Å²) in [6, 6.07) is 7.55. The van der Waals surface area contributed by atoms with Crippen molar-refractivity contribution < 1.29 is 19.4 Å². The standard InChI is InChI=1S/C20H30O4/c1-3-4-5-6-15-24-19(21)16-11-13-20(22,14-12-16)17-7-9-18(23-2)10-8-17/h7-10,16,22H,3-6,11-15H2,1-2H3. The van der Waals surface area contributed by atoms with Crippen LogP contribution in [0.5, 0.6) is 5.75 Å². The van der Waals surface area contributed by atoms with Crippen molar-refractivity contribution in [1.29, 1.82) is 0 Å². The number of esters is 1. The van der Waals surface area contributed by atoms with Gasteiger partial charge >= 0.3 is 5.97 Å². The molecular weight excluding hydrogens is 304 g/mol. The lowest BCUT2D eigenvalue weighted by Crippen LogP contribution is -2.34. The second-order valence-corrected chi connectivity index (χ2v) is 6.76. The van der Waals surface area contributed by atoms with Crippen LogP contribution >= 0.6 is 0 Å². The first-order valence-electron chi connectivity index (χ1n) is 9.12. The Kier molecular flexibility index (Phi) is 7.10. The topological polar surface area (TPSA) is 55.8 Å². The molecule has 0 unspecified atom stereocenters. The van der Waals surface area contributed by atoms with Gasteiger partial charge in [0, 0.05) is 0 Å². The van der Waals surface area contributed by atoms with Gasteiger partial charge in [0.15, 0.2) is 0 Å². The zero-order valence-electron chi connectivity index (χ0n) is 14.9. The highest BCUT2D eigenvalue weighted by molar-refractivity contribution is 5.72. The van der Waals surface area contributed by atoms with Crippen molar-refractivity contribution >= 4 is 5.97 Å². The molecule has 0 saturated heterocycles. The third-order valence-corrected chi connectivity index (χ3v) is 5.02. The number of ether oxygens (including phenoxy) is 2. The lowest BCUT2D eigenvalue weighted by atomic mass is 9.75. The quantitative estimate of drug-likeness (QED) is 0.572. The van der Waals surface area contributed by atoms with Crippen LogP contribution in [0.15, 0.2) is 24.3 Å². The summed E-state index contributed by atoms with van der Waals surface area (Å²) in [5.41, 5.74) is 0.0548. The average Bonchev–Trinajstić information content (AvgIpc) is 2.62. The van der Waals surface area contributed by atoms with E-state index in [-0.39, 0.29) is 11.9 Å². The maximum atomic E-state index is 12.1. The van der Waals surface area contributed by atoms with Crippen LogP contribution in [0.4, 0.5) is 0 Å². The lowest BCUT2D eigenvalue weighted by Gasteiger charge is -2.35. The van der Waals surface area contributed by atoms with Gasteiger partial charge in [-0.15, -0.1) is 0 Å². The summed E-state index contributed by atoms with van der Waals surface area (Å²) in [4.78, 5) is 12.1. The van der Waals surface area contributed by atoms with E-state index in [0.717, 1.165) is 24.2 Å². The number of carbonyl (C=O) groups excluding carboxylic acids is 1. The number of methoxy groups -OCH3 is 1. The number of carbonyl (C=O) groups is 1. The van der Waals surface area contributed by atoms with E-state index < -0.39 is 5.60 Å². The molecule has 0 atom stereocenters. The Balaban J connectivity index is 1.80. The van der Waals surface area contributed by atoms with Gasteiger partial charge in [-0.3, -0.25) is 4.79 Å². The van der Waals surface area contributed by atoms with E-state index in [1.807, 2.05) is 24.3 Å². The second-order valence-electron chi connectivity index (χ2n) is 6.76. The number of aliphatic hydroxyl groups is 1. The SMILES string of the molecule is CCCCCCOC(=O)C1CCC(O)(c2ccc(OC)cc2)CC1. The molecule has 24 heavy (non-hydrogen) atoms. The third kappa shape index (κ3) is 4.97. The van der Waals surface area contributed by atoms with Crippen LogP contribution in [0, 0.1) is 5.92 Å². The Morgan fingerprint density at radius 1 is 1.17 bits per heavy atom. The van der Waals surface area contributed by atoms with Crippen molar-refractivity contribution in [3.05, 3.63) is 29.8 Å². The van der Waals surface area contributed by atoms with Gasteiger partial charge in [0.25, 0.3) is 0 Å². The van der Waals surface area contributed by atoms with Crippen molar-refractivity contribution in [3.63, 3.8) is 0 Å². The van der Waals surface area contributed by atoms with Gasteiger partial charge in [0.2, 0.25) is 0 Å². The summed E-state index contributed by atoms with van der Waals surface area (Å²) in [5.74, 6) is 0.612. The van der Waals surface area contributed by atoms with Gasteiger partial charge in [0.1, 0.15) is 5.75 Å². The Morgan fingerprint density at radius 2 is 1.83 bits per heavy atom. The van der Waals surface area contributed by atoms with Crippen LogP contribution in [0.3, 0.4) is 0 Å². The maximum absolute atomic E-state index is 12.1. The molecule has 1 aliphatic rings. The molecule has 1 saturated carbocycles. The number of benzene rings is 1. The normalized spacial score (nSPS) is 23.7. The van der Waals surface area contributed by atoms with Crippen molar-refractivity contribution in [2.24, 2.45) is 5.92 Å². The van der Waals surface area contributed by atoms with Crippen LogP contribution in [0.2, 0.25) is 0 Å². The third-order valence-electron chi connectivity index (χ3n) is 5.02. The molecular formula is C20H30O4. The predicted molar refractivity (Wildman–Crippen MR) is 93.9 cm³/mol. The summed E-state index contributed by atoms with van der Waals surface area (Å²) < 4.78 is 10.6. The van der Waals surface area contributed by atoms with Crippen LogP contribution in [-0.2, 0) is 15.1 Å². The Bertz CT molecular complexity index is 501. The minimum Gasteiger partial charge on any atom is -0.497 e. The van der Waals surface area contributed by atoms with E-state index >= 15 is 0 Å².